The van der Waals surface area contributed by atoms with E-state index in [9.17, 15) is 12.8 Å². The van der Waals surface area contributed by atoms with Crippen molar-refractivity contribution in [2.45, 2.75) is 4.90 Å². The van der Waals surface area contributed by atoms with Gasteiger partial charge in [-0.05, 0) is 24.3 Å². The van der Waals surface area contributed by atoms with Crippen LogP contribution in [0.4, 0.5) is 15.8 Å². The molecule has 4 nitrogen and oxygen atoms in total. The zero-order valence-electron chi connectivity index (χ0n) is 10.2. The lowest BCUT2D eigenvalue weighted by molar-refractivity contribution is 0.598. The molecule has 21 heavy (non-hydrogen) atoms. The fraction of sp³-hybridized carbons (Fsp3) is 0. The van der Waals surface area contributed by atoms with E-state index < -0.39 is 20.7 Å². The lowest BCUT2D eigenvalue weighted by Crippen LogP contribution is -2.15. The van der Waals surface area contributed by atoms with Crippen molar-refractivity contribution in [2.24, 2.45) is 0 Å². The second-order valence-electron chi connectivity index (χ2n) is 4.02. The summed E-state index contributed by atoms with van der Waals surface area (Å²) in [6, 6.07) is 6.21. The van der Waals surface area contributed by atoms with E-state index in [2.05, 4.69) is 0 Å². The third-order valence-corrected chi connectivity index (χ3v) is 5.07. The summed E-state index contributed by atoms with van der Waals surface area (Å²) in [4.78, 5) is -0.403. The lowest BCUT2D eigenvalue weighted by atomic mass is 10.3. The number of hydrogen-bond donors (Lipinski definition) is 2. The number of hydrogen-bond acceptors (Lipinski definition) is 3. The predicted molar refractivity (Wildman–Crippen MR) is 83.1 cm³/mol. The number of para-hydroxylation sites is 1. The highest BCUT2D eigenvalue weighted by molar-refractivity contribution is 7.93. The molecule has 112 valence electrons. The molecule has 0 unspecified atom stereocenters. The first-order chi connectivity index (χ1) is 9.72. The van der Waals surface area contributed by atoms with Crippen LogP contribution >= 0.6 is 34.8 Å². The topological polar surface area (TPSA) is 72.2 Å². The molecule has 0 spiro atoms. The van der Waals surface area contributed by atoms with E-state index in [1.807, 2.05) is 4.72 Å². The van der Waals surface area contributed by atoms with Crippen LogP contribution in [-0.4, -0.2) is 8.42 Å². The Balaban J connectivity index is 2.54. The molecule has 0 saturated heterocycles. The van der Waals surface area contributed by atoms with Gasteiger partial charge in [0.15, 0.2) is 0 Å². The summed E-state index contributed by atoms with van der Waals surface area (Å²) < 4.78 is 40.3. The number of sulfonamides is 1. The minimum absolute atomic E-state index is 0.0961. The molecular formula is C12H8Cl3FN2O2S. The van der Waals surface area contributed by atoms with E-state index in [4.69, 9.17) is 40.5 Å². The van der Waals surface area contributed by atoms with Gasteiger partial charge in [-0.1, -0.05) is 40.9 Å². The van der Waals surface area contributed by atoms with E-state index in [-0.39, 0.29) is 26.4 Å². The maximum atomic E-state index is 13.7. The smallest absolute Gasteiger partial charge is 0.265 e. The highest BCUT2D eigenvalue weighted by Gasteiger charge is 2.24. The van der Waals surface area contributed by atoms with Crippen LogP contribution in [0.15, 0.2) is 35.2 Å². The molecule has 0 aliphatic rings. The van der Waals surface area contributed by atoms with E-state index >= 15 is 0 Å². The summed E-state index contributed by atoms with van der Waals surface area (Å²) in [7, 11) is -4.23. The monoisotopic (exact) mass is 368 g/mol. The third-order valence-electron chi connectivity index (χ3n) is 2.49. The van der Waals surface area contributed by atoms with Gasteiger partial charge in [-0.25, -0.2) is 12.8 Å². The first-order valence-electron chi connectivity index (χ1n) is 5.43. The molecule has 0 aliphatic heterocycles. The largest absolute Gasteiger partial charge is 0.399 e. The molecule has 0 saturated carbocycles. The van der Waals surface area contributed by atoms with Crippen molar-refractivity contribution in [1.29, 1.82) is 0 Å². The first kappa shape index (κ1) is 16.2. The number of nitrogens with two attached hydrogens (primary N) is 1. The predicted octanol–water partition coefficient (Wildman–Crippen LogP) is 4.17. The SMILES string of the molecule is Nc1cc(Cl)c(S(=O)(=O)Nc2c(F)cccc2Cl)c(Cl)c1. The number of nitrogens with one attached hydrogen (secondary N) is 1. The Labute approximate surface area is 135 Å². The highest BCUT2D eigenvalue weighted by atomic mass is 35.5. The van der Waals surface area contributed by atoms with Gasteiger partial charge in [0.2, 0.25) is 0 Å². The average molecular weight is 370 g/mol. The van der Waals surface area contributed by atoms with Gasteiger partial charge < -0.3 is 5.73 Å². The molecule has 9 heteroatoms. The van der Waals surface area contributed by atoms with Gasteiger partial charge in [0, 0.05) is 5.69 Å². The van der Waals surface area contributed by atoms with Gasteiger partial charge in [-0.3, -0.25) is 4.72 Å². The first-order valence-corrected chi connectivity index (χ1v) is 8.05. The Bertz CT molecular complexity index is 769. The Hall–Kier alpha value is -1.21. The van der Waals surface area contributed by atoms with Crippen molar-refractivity contribution in [2.75, 3.05) is 10.5 Å². The third kappa shape index (κ3) is 3.35. The molecule has 0 radical (unpaired) electrons. The van der Waals surface area contributed by atoms with Gasteiger partial charge in [0.05, 0.1) is 15.1 Å². The Morgan fingerprint density at radius 1 is 1.05 bits per heavy atom. The normalized spacial score (nSPS) is 11.4. The van der Waals surface area contributed by atoms with Crippen LogP contribution in [0.1, 0.15) is 0 Å². The molecule has 2 aromatic rings. The summed E-state index contributed by atoms with van der Waals surface area (Å²) in [6.07, 6.45) is 0. The van der Waals surface area contributed by atoms with Gasteiger partial charge in [-0.2, -0.15) is 0 Å². The van der Waals surface area contributed by atoms with Crippen LogP contribution in [0.2, 0.25) is 15.1 Å². The van der Waals surface area contributed by atoms with Crippen LogP contribution in [0.5, 0.6) is 0 Å². The fourth-order valence-corrected chi connectivity index (χ4v) is 4.21. The minimum atomic E-state index is -4.23. The van der Waals surface area contributed by atoms with Crippen LogP contribution < -0.4 is 10.5 Å². The van der Waals surface area contributed by atoms with Crippen LogP contribution in [-0.2, 0) is 10.0 Å². The van der Waals surface area contributed by atoms with Crippen molar-refractivity contribution in [3.63, 3.8) is 0 Å². The lowest BCUT2D eigenvalue weighted by Gasteiger charge is -2.13. The summed E-state index contributed by atoms with van der Waals surface area (Å²) >= 11 is 17.5. The van der Waals surface area contributed by atoms with Crippen LogP contribution in [0.25, 0.3) is 0 Å². The van der Waals surface area contributed by atoms with Crippen molar-refractivity contribution in [1.82, 2.24) is 0 Å². The Morgan fingerprint density at radius 2 is 1.62 bits per heavy atom. The molecule has 3 N–H and O–H groups in total. The number of anilines is 2. The van der Waals surface area contributed by atoms with Crippen LogP contribution in [0.3, 0.4) is 0 Å². The zero-order valence-corrected chi connectivity index (χ0v) is 13.3. The summed E-state index contributed by atoms with van der Waals surface area (Å²) in [5.41, 5.74) is 5.32. The molecule has 0 amide bonds. The molecule has 0 heterocycles. The number of benzene rings is 2. The van der Waals surface area contributed by atoms with E-state index in [1.165, 1.54) is 24.3 Å². The molecular weight excluding hydrogens is 362 g/mol. The van der Waals surface area contributed by atoms with Crippen molar-refractivity contribution in [3.05, 3.63) is 51.2 Å². The van der Waals surface area contributed by atoms with Gasteiger partial charge in [0.1, 0.15) is 16.4 Å². The standard InChI is InChI=1S/C12H8Cl3FN2O2S/c13-7-2-1-3-10(16)11(7)18-21(19,20)12-8(14)4-6(17)5-9(12)15/h1-5,18H,17H2. The van der Waals surface area contributed by atoms with Crippen molar-refractivity contribution < 1.29 is 12.8 Å². The summed E-state index contributed by atoms with van der Waals surface area (Å²) in [6.45, 7) is 0. The second-order valence-corrected chi connectivity index (χ2v) is 6.86. The maximum absolute atomic E-state index is 13.7. The molecule has 2 aromatic carbocycles. The van der Waals surface area contributed by atoms with Crippen molar-refractivity contribution >= 4 is 56.2 Å². The minimum Gasteiger partial charge on any atom is -0.399 e. The quantitative estimate of drug-likeness (QED) is 0.798. The molecule has 0 bridgehead atoms. The fourth-order valence-electron chi connectivity index (χ4n) is 1.62. The highest BCUT2D eigenvalue weighted by Crippen LogP contribution is 2.34. The molecule has 0 fully saturated rings. The molecule has 2 rings (SSSR count). The molecule has 0 aromatic heterocycles. The summed E-state index contributed by atoms with van der Waals surface area (Å²) in [5, 5.41) is -0.457. The average Bonchev–Trinajstić information content (AvgIpc) is 2.32. The number of halogens is 4. The Kier molecular flexibility index (Phi) is 4.53. The van der Waals surface area contributed by atoms with Crippen LogP contribution in [0, 0.1) is 5.82 Å². The number of rotatable bonds is 3. The summed E-state index contributed by atoms with van der Waals surface area (Å²) in [5.74, 6) is -0.825. The molecule has 0 atom stereocenters. The van der Waals surface area contributed by atoms with Crippen molar-refractivity contribution in [3.8, 4) is 0 Å². The maximum Gasteiger partial charge on any atom is 0.265 e. The van der Waals surface area contributed by atoms with Gasteiger partial charge >= 0.3 is 0 Å². The number of nitrogen functional groups attached to an aromatic ring is 1. The zero-order chi connectivity index (χ0) is 15.8. The van der Waals surface area contributed by atoms with E-state index in [1.54, 1.807) is 0 Å². The second kappa shape index (κ2) is 5.88. The Morgan fingerprint density at radius 3 is 2.14 bits per heavy atom. The van der Waals surface area contributed by atoms with Gasteiger partial charge in [0.25, 0.3) is 10.0 Å². The van der Waals surface area contributed by atoms with E-state index in [0.29, 0.717) is 0 Å². The molecule has 0 aliphatic carbocycles. The van der Waals surface area contributed by atoms with Gasteiger partial charge in [-0.15, -0.1) is 0 Å². The van der Waals surface area contributed by atoms with E-state index in [0.717, 1.165) is 6.07 Å².